The van der Waals surface area contributed by atoms with Gasteiger partial charge in [0.25, 0.3) is 0 Å². The summed E-state index contributed by atoms with van der Waals surface area (Å²) in [6, 6.07) is 6.28. The molecule has 1 aromatic rings. The van der Waals surface area contributed by atoms with Gasteiger partial charge in [-0.15, -0.1) is 6.58 Å². The molecule has 0 bridgehead atoms. The van der Waals surface area contributed by atoms with Crippen molar-refractivity contribution in [1.82, 2.24) is 4.72 Å². The largest absolute Gasteiger partial charge is 0.385 e. The molecule has 0 heterocycles. The first-order valence-electron chi connectivity index (χ1n) is 4.59. The second kappa shape index (κ2) is 5.39. The summed E-state index contributed by atoms with van der Waals surface area (Å²) in [6.45, 7) is 3.64. The van der Waals surface area contributed by atoms with Crippen molar-refractivity contribution < 1.29 is 8.42 Å². The van der Waals surface area contributed by atoms with Gasteiger partial charge in [0, 0.05) is 18.7 Å². The Bertz CT molecular complexity index is 500. The number of benzene rings is 1. The molecule has 0 atom stereocenters. The van der Waals surface area contributed by atoms with Crippen LogP contribution in [-0.4, -0.2) is 15.0 Å². The van der Waals surface area contributed by atoms with Crippen LogP contribution in [-0.2, 0) is 15.8 Å². The molecule has 0 saturated heterocycles. The average molecular weight is 238 g/mol. The standard InChI is InChI=1S/C10H12N3O2S/c1-2-7-12-16(14,15)8-9-3-5-10(13-11)6-4-9/h2-6,12H,1,7-8H2/q+1. The van der Waals surface area contributed by atoms with E-state index in [-0.39, 0.29) is 12.3 Å². The molecule has 0 aliphatic carbocycles. The lowest BCUT2D eigenvalue weighted by Gasteiger charge is -2.03. The fourth-order valence-electron chi connectivity index (χ4n) is 1.12. The summed E-state index contributed by atoms with van der Waals surface area (Å²) in [5.74, 6) is -0.105. The zero-order valence-corrected chi connectivity index (χ0v) is 9.44. The van der Waals surface area contributed by atoms with Crippen LogP contribution < -0.4 is 4.72 Å². The predicted molar refractivity (Wildman–Crippen MR) is 62.0 cm³/mol. The smallest absolute Gasteiger partial charge is 0.212 e. The van der Waals surface area contributed by atoms with Crippen molar-refractivity contribution in [3.63, 3.8) is 0 Å². The third kappa shape index (κ3) is 3.81. The summed E-state index contributed by atoms with van der Waals surface area (Å²) in [5.41, 5.74) is 1.02. The number of hydrogen-bond acceptors (Lipinski definition) is 3. The van der Waals surface area contributed by atoms with Crippen LogP contribution in [0, 0.1) is 5.39 Å². The molecule has 0 amide bonds. The van der Waals surface area contributed by atoms with Crippen LogP contribution in [0.25, 0.3) is 4.98 Å². The lowest BCUT2D eigenvalue weighted by Crippen LogP contribution is -2.25. The van der Waals surface area contributed by atoms with Gasteiger partial charge in [0.1, 0.15) is 0 Å². The van der Waals surface area contributed by atoms with Crippen molar-refractivity contribution >= 4 is 15.7 Å². The molecule has 0 aromatic heterocycles. The van der Waals surface area contributed by atoms with E-state index in [4.69, 9.17) is 5.39 Å². The molecule has 84 valence electrons. The Balaban J connectivity index is 2.73. The third-order valence-corrected chi connectivity index (χ3v) is 3.18. The van der Waals surface area contributed by atoms with Gasteiger partial charge in [-0.25, -0.2) is 13.1 Å². The van der Waals surface area contributed by atoms with Gasteiger partial charge in [0.05, 0.1) is 5.75 Å². The predicted octanol–water partition coefficient (Wildman–Crippen LogP) is 1.78. The summed E-state index contributed by atoms with van der Waals surface area (Å²) < 4.78 is 25.3. The summed E-state index contributed by atoms with van der Waals surface area (Å²) >= 11 is 0. The molecule has 0 spiro atoms. The SMILES string of the molecule is C=CCNS(=O)(=O)Cc1ccc([N+]#N)cc1. The molecule has 5 nitrogen and oxygen atoms in total. The van der Waals surface area contributed by atoms with Gasteiger partial charge < -0.3 is 0 Å². The summed E-state index contributed by atoms with van der Waals surface area (Å²) in [6.07, 6.45) is 1.48. The lowest BCUT2D eigenvalue weighted by atomic mass is 10.2. The first-order chi connectivity index (χ1) is 7.57. The van der Waals surface area contributed by atoms with Gasteiger partial charge in [-0.05, 0) is 17.7 Å². The Kier molecular flexibility index (Phi) is 4.17. The van der Waals surface area contributed by atoms with Crippen LogP contribution >= 0.6 is 0 Å². The first-order valence-corrected chi connectivity index (χ1v) is 6.25. The molecular weight excluding hydrogens is 226 g/mol. The van der Waals surface area contributed by atoms with Gasteiger partial charge in [0.15, 0.2) is 4.98 Å². The Hall–Kier alpha value is -1.71. The van der Waals surface area contributed by atoms with Crippen LogP contribution in [0.3, 0.4) is 0 Å². The Morgan fingerprint density at radius 3 is 2.50 bits per heavy atom. The van der Waals surface area contributed by atoms with Crippen LogP contribution in [0.4, 0.5) is 5.69 Å². The van der Waals surface area contributed by atoms with Gasteiger partial charge in [-0.3, -0.25) is 0 Å². The molecule has 1 rings (SSSR count). The van der Waals surface area contributed by atoms with Crippen LogP contribution in [0.5, 0.6) is 0 Å². The maximum Gasteiger partial charge on any atom is 0.385 e. The van der Waals surface area contributed by atoms with E-state index < -0.39 is 10.0 Å². The van der Waals surface area contributed by atoms with Crippen LogP contribution in [0.2, 0.25) is 0 Å². The molecule has 0 aliphatic heterocycles. The van der Waals surface area contributed by atoms with Crippen LogP contribution in [0.1, 0.15) is 5.56 Å². The lowest BCUT2D eigenvalue weighted by molar-refractivity contribution is 0.585. The molecule has 1 N–H and O–H groups in total. The van der Waals surface area contributed by atoms with E-state index in [9.17, 15) is 8.42 Å². The number of nitrogens with zero attached hydrogens (tertiary/aromatic N) is 2. The highest BCUT2D eigenvalue weighted by Gasteiger charge is 2.11. The molecule has 0 unspecified atom stereocenters. The topological polar surface area (TPSA) is 74.3 Å². The van der Waals surface area contributed by atoms with Crippen molar-refractivity contribution in [3.05, 3.63) is 47.5 Å². The van der Waals surface area contributed by atoms with E-state index in [1.54, 1.807) is 24.3 Å². The molecule has 6 heteroatoms. The van der Waals surface area contributed by atoms with Crippen molar-refractivity contribution in [2.75, 3.05) is 6.54 Å². The summed E-state index contributed by atoms with van der Waals surface area (Å²) in [5, 5.41) is 8.46. The zero-order chi connectivity index (χ0) is 12.0. The monoisotopic (exact) mass is 238 g/mol. The highest BCUT2D eigenvalue weighted by atomic mass is 32.2. The van der Waals surface area contributed by atoms with E-state index in [1.807, 2.05) is 0 Å². The molecule has 0 saturated carbocycles. The quantitative estimate of drug-likeness (QED) is 0.627. The van der Waals surface area contributed by atoms with E-state index in [0.29, 0.717) is 11.3 Å². The number of nitrogens with one attached hydrogen (secondary N) is 1. The Morgan fingerprint density at radius 2 is 2.00 bits per heavy atom. The van der Waals surface area contributed by atoms with Crippen LogP contribution in [0.15, 0.2) is 36.9 Å². The van der Waals surface area contributed by atoms with E-state index in [2.05, 4.69) is 16.3 Å². The molecule has 0 aliphatic rings. The maximum absolute atomic E-state index is 11.5. The Labute approximate surface area is 94.5 Å². The minimum absolute atomic E-state index is 0.105. The van der Waals surface area contributed by atoms with Crippen molar-refractivity contribution in [2.24, 2.45) is 0 Å². The first kappa shape index (κ1) is 12.4. The van der Waals surface area contributed by atoms with E-state index in [1.165, 1.54) is 6.08 Å². The molecule has 16 heavy (non-hydrogen) atoms. The van der Waals surface area contributed by atoms with E-state index in [0.717, 1.165) is 0 Å². The molecule has 0 radical (unpaired) electrons. The number of hydrogen-bond donors (Lipinski definition) is 1. The van der Waals surface area contributed by atoms with Crippen molar-refractivity contribution in [1.29, 1.82) is 5.39 Å². The normalized spacial score (nSPS) is 10.7. The number of rotatable bonds is 5. The second-order valence-corrected chi connectivity index (χ2v) is 4.97. The number of sulfonamides is 1. The van der Waals surface area contributed by atoms with Crippen molar-refractivity contribution in [3.8, 4) is 0 Å². The maximum atomic E-state index is 11.5. The zero-order valence-electron chi connectivity index (χ0n) is 8.63. The third-order valence-electron chi connectivity index (χ3n) is 1.86. The highest BCUT2D eigenvalue weighted by Crippen LogP contribution is 2.13. The van der Waals surface area contributed by atoms with Gasteiger partial charge in [0.2, 0.25) is 15.4 Å². The van der Waals surface area contributed by atoms with Gasteiger partial charge in [-0.2, -0.15) is 0 Å². The van der Waals surface area contributed by atoms with Crippen molar-refractivity contribution in [2.45, 2.75) is 5.75 Å². The Morgan fingerprint density at radius 1 is 1.38 bits per heavy atom. The number of diazo groups is 1. The average Bonchev–Trinajstić information content (AvgIpc) is 2.27. The molecule has 0 fully saturated rings. The van der Waals surface area contributed by atoms with Gasteiger partial charge in [-0.1, -0.05) is 6.08 Å². The van der Waals surface area contributed by atoms with E-state index >= 15 is 0 Å². The van der Waals surface area contributed by atoms with Gasteiger partial charge >= 0.3 is 5.69 Å². The highest BCUT2D eigenvalue weighted by molar-refractivity contribution is 7.88. The fraction of sp³-hybridized carbons (Fsp3) is 0.200. The fourth-order valence-corrected chi connectivity index (χ4v) is 2.22. The minimum atomic E-state index is -3.33. The second-order valence-electron chi connectivity index (χ2n) is 3.16. The molecular formula is C10H12N3O2S+. The summed E-state index contributed by atoms with van der Waals surface area (Å²) in [4.78, 5) is 2.98. The minimum Gasteiger partial charge on any atom is -0.212 e. The summed E-state index contributed by atoms with van der Waals surface area (Å²) in [7, 11) is -3.33. The molecule has 1 aromatic carbocycles.